The third-order valence-corrected chi connectivity index (χ3v) is 17.5. The number of methoxy groups -OCH3 is 4. The minimum absolute atomic E-state index is 0. The Morgan fingerprint density at radius 2 is 1.02 bits per heavy atom. The van der Waals surface area contributed by atoms with E-state index >= 15 is 4.79 Å². The largest absolute Gasteiger partial charge is 0.497 e. The highest BCUT2D eigenvalue weighted by Crippen LogP contribution is 2.53. The average molecular weight is 1170 g/mol. The summed E-state index contributed by atoms with van der Waals surface area (Å²) in [5.41, 5.74) is 19.0. The highest BCUT2D eigenvalue weighted by molar-refractivity contribution is 6.22. The third-order valence-electron chi connectivity index (χ3n) is 17.5. The van der Waals surface area contributed by atoms with Crippen LogP contribution in [0, 0.1) is 0 Å². The minimum atomic E-state index is -0.433. The second-order valence-corrected chi connectivity index (χ2v) is 22.3. The Bertz CT molecular complexity index is 4350. The van der Waals surface area contributed by atoms with Crippen molar-refractivity contribution in [2.24, 2.45) is 0 Å². The van der Waals surface area contributed by atoms with Gasteiger partial charge in [0.25, 0.3) is 11.8 Å². The zero-order chi connectivity index (χ0) is 60.0. The van der Waals surface area contributed by atoms with E-state index in [0.717, 1.165) is 123 Å². The number of nitrogens with one attached hydrogen (secondary N) is 1. The van der Waals surface area contributed by atoms with Crippen LogP contribution in [0.3, 0.4) is 0 Å². The van der Waals surface area contributed by atoms with Gasteiger partial charge < -0.3 is 58.0 Å². The maximum atomic E-state index is 15.2. The number of carbonyl (C=O) groups is 4. The van der Waals surface area contributed by atoms with Gasteiger partial charge in [0.15, 0.2) is 0 Å². The summed E-state index contributed by atoms with van der Waals surface area (Å²) in [6.45, 7) is 3.10. The number of aliphatic hydroxyl groups excluding tert-OH is 2. The van der Waals surface area contributed by atoms with Crippen molar-refractivity contribution in [2.75, 3.05) is 68.1 Å². The lowest BCUT2D eigenvalue weighted by Gasteiger charge is -2.29. The fourth-order valence-electron chi connectivity index (χ4n) is 13.8. The summed E-state index contributed by atoms with van der Waals surface area (Å²) in [6, 6.07) is 43.2. The normalized spacial score (nSPS) is 13.4. The summed E-state index contributed by atoms with van der Waals surface area (Å²) < 4.78 is 36.4. The number of benzene rings is 8. The van der Waals surface area contributed by atoms with E-state index in [2.05, 4.69) is 38.7 Å². The van der Waals surface area contributed by atoms with Gasteiger partial charge in [0.2, 0.25) is 0 Å². The Labute approximate surface area is 503 Å². The maximum Gasteiger partial charge on any atom is 0.338 e. The molecule has 87 heavy (non-hydrogen) atoms. The molecule has 16 heteroatoms. The van der Waals surface area contributed by atoms with Gasteiger partial charge in [-0.3, -0.25) is 9.59 Å². The van der Waals surface area contributed by atoms with Crippen molar-refractivity contribution in [1.29, 1.82) is 0 Å². The van der Waals surface area contributed by atoms with Crippen molar-refractivity contribution in [3.63, 3.8) is 0 Å². The van der Waals surface area contributed by atoms with Crippen LogP contribution in [0.2, 0.25) is 0 Å². The summed E-state index contributed by atoms with van der Waals surface area (Å²) in [5.74, 6) is 0.527. The fourth-order valence-corrected chi connectivity index (χ4v) is 13.8. The Hall–Kier alpha value is -9.32. The van der Waals surface area contributed by atoms with Crippen molar-refractivity contribution >= 4 is 67.4 Å². The molecule has 16 nitrogen and oxygen atoms in total. The topological polar surface area (TPSA) is 189 Å². The molecule has 0 spiro atoms. The second kappa shape index (κ2) is 23.9. The minimum Gasteiger partial charge on any atom is -0.497 e. The molecule has 0 fully saturated rings. The van der Waals surface area contributed by atoms with Crippen LogP contribution in [0.15, 0.2) is 133 Å². The van der Waals surface area contributed by atoms with Gasteiger partial charge in [-0.2, -0.15) is 0 Å². The molecule has 0 radical (unpaired) electrons. The number of esters is 2. The average Bonchev–Trinajstić information content (AvgIpc) is 1.58. The molecule has 0 atom stereocenters. The molecule has 10 aromatic rings. The zero-order valence-electron chi connectivity index (χ0n) is 49.0. The molecule has 2 aromatic heterocycles. The Morgan fingerprint density at radius 1 is 0.552 bits per heavy atom. The molecule has 0 bridgehead atoms. The Kier molecular flexibility index (Phi) is 15.6. The smallest absolute Gasteiger partial charge is 0.338 e. The second-order valence-electron chi connectivity index (χ2n) is 22.3. The summed E-state index contributed by atoms with van der Waals surface area (Å²) >= 11 is 0. The zero-order valence-corrected chi connectivity index (χ0v) is 49.0. The fraction of sp³-hybridized carbons (Fsp3) is 0.268. The first-order valence-electron chi connectivity index (χ1n) is 29.5. The number of amides is 2. The summed E-state index contributed by atoms with van der Waals surface area (Å²) in [7, 11) is 6.41. The van der Waals surface area contributed by atoms with Crippen LogP contribution >= 0.6 is 0 Å². The SMILES string of the molecule is COCCOC(=O)c1ccc2c(c1)c1c3c(c4c(c1n2CCCO)Cc1ccccc1-4)C(=O)N(C(c1ccc(OC)cc1)c1ccc(OC)cc1)C3.COCCOC(=O)c1ccc2c(c1)c1c3c(c4c(c1n2CCCO)Cc1ccccc1-4)C(=O)NC3.[HH]. The Balaban J connectivity index is 0.000000182. The van der Waals surface area contributed by atoms with Crippen molar-refractivity contribution in [1.82, 2.24) is 19.4 Å². The first-order chi connectivity index (χ1) is 42.6. The highest BCUT2D eigenvalue weighted by Gasteiger charge is 2.42. The maximum absolute atomic E-state index is 15.2. The van der Waals surface area contributed by atoms with Crippen molar-refractivity contribution in [3.05, 3.63) is 200 Å². The summed E-state index contributed by atoms with van der Waals surface area (Å²) in [5, 5.41) is 26.4. The molecule has 3 N–H and O–H groups in total. The molecule has 14 rings (SSSR count). The van der Waals surface area contributed by atoms with E-state index in [1.807, 2.05) is 102 Å². The molecule has 2 aliphatic heterocycles. The molecule has 2 amide bonds. The molecule has 0 saturated carbocycles. The monoisotopic (exact) mass is 1170 g/mol. The standard InChI is InChI=1S/C43H40N2O7.C28H26N2O5.H2/c1-49-21-22-52-43(48)29-13-18-36-33(24-29)38-35-25-45(40(26-9-14-30(50-2)15-10-26)27-11-16-31(51-3)17-12-27)42(47)39(35)37-32-8-5-4-7-28(32)23-34(37)41(38)44(36)19-6-20-46;1-34-11-12-35-28(33)17-7-8-22-19(14-17)24-21-15-29-27(32)25(21)23-18-6-3-2-5-16(18)13-20(23)26(24)30(22)9-4-10-31;/h4-5,7-18,24,40,46H,6,19-23,25H2,1-3H3;2-3,5-8,14,31H,4,9-13,15H2,1H3,(H,29,32);1H. The van der Waals surface area contributed by atoms with Crippen molar-refractivity contribution in [3.8, 4) is 33.8 Å². The number of rotatable bonds is 19. The van der Waals surface area contributed by atoms with E-state index in [-0.39, 0.29) is 39.7 Å². The molecular formula is C71H68N4O12. The molecule has 2 aliphatic carbocycles. The molecule has 0 saturated heterocycles. The van der Waals surface area contributed by atoms with Crippen LogP contribution < -0.4 is 14.8 Å². The number of hydrogen-bond acceptors (Lipinski definition) is 12. The first kappa shape index (κ1) is 56.8. The lowest BCUT2D eigenvalue weighted by atomic mass is 9.92. The number of aromatic nitrogens is 2. The van der Waals surface area contributed by atoms with Crippen LogP contribution in [0.5, 0.6) is 11.5 Å². The van der Waals surface area contributed by atoms with E-state index in [9.17, 15) is 24.6 Å². The summed E-state index contributed by atoms with van der Waals surface area (Å²) in [6.07, 6.45) is 2.57. The molecule has 4 heterocycles. The third kappa shape index (κ3) is 9.73. The predicted octanol–water partition coefficient (Wildman–Crippen LogP) is 11.4. The summed E-state index contributed by atoms with van der Waals surface area (Å²) in [4.78, 5) is 56.2. The van der Waals surface area contributed by atoms with Crippen LogP contribution in [-0.4, -0.2) is 116 Å². The number of fused-ring (bicyclic) bond motifs is 20. The van der Waals surface area contributed by atoms with Gasteiger partial charge >= 0.3 is 11.9 Å². The van der Waals surface area contributed by atoms with Crippen LogP contribution in [-0.2, 0) is 58.0 Å². The van der Waals surface area contributed by atoms with Gasteiger partial charge in [-0.15, -0.1) is 0 Å². The van der Waals surface area contributed by atoms with E-state index in [4.69, 9.17) is 28.4 Å². The lowest BCUT2D eigenvalue weighted by Crippen LogP contribution is -2.30. The molecule has 0 unspecified atom stereocenters. The van der Waals surface area contributed by atoms with Gasteiger partial charge in [-0.25, -0.2) is 9.59 Å². The van der Waals surface area contributed by atoms with E-state index in [0.29, 0.717) is 75.3 Å². The number of aliphatic hydroxyl groups is 2. The van der Waals surface area contributed by atoms with Crippen molar-refractivity contribution < 1.29 is 59.2 Å². The quantitative estimate of drug-likeness (QED) is 0.0514. The van der Waals surface area contributed by atoms with Gasteiger partial charge in [0, 0.05) is 112 Å². The molecule has 4 aliphatic rings. The number of ether oxygens (including phenoxy) is 6. The molecule has 444 valence electrons. The van der Waals surface area contributed by atoms with Crippen LogP contribution in [0.1, 0.15) is 106 Å². The van der Waals surface area contributed by atoms with E-state index in [1.54, 1.807) is 40.6 Å². The van der Waals surface area contributed by atoms with E-state index < -0.39 is 18.0 Å². The number of aryl methyl sites for hydroxylation is 2. The van der Waals surface area contributed by atoms with Gasteiger partial charge in [-0.05, 0) is 129 Å². The lowest BCUT2D eigenvalue weighted by molar-refractivity contribution is 0.0381. The number of nitrogens with zero attached hydrogens (tertiary/aromatic N) is 3. The molecule has 8 aromatic carbocycles. The van der Waals surface area contributed by atoms with Gasteiger partial charge in [0.1, 0.15) is 24.7 Å². The number of hydrogen-bond donors (Lipinski definition) is 3. The van der Waals surface area contributed by atoms with Crippen molar-refractivity contribution in [2.45, 2.75) is 57.9 Å². The number of carbonyl (C=O) groups excluding carboxylic acids is 4. The molecular weight excluding hydrogens is 1100 g/mol. The predicted molar refractivity (Wildman–Crippen MR) is 334 cm³/mol. The van der Waals surface area contributed by atoms with Gasteiger partial charge in [0.05, 0.1) is 66.8 Å². The van der Waals surface area contributed by atoms with E-state index in [1.165, 1.54) is 11.1 Å². The first-order valence-corrected chi connectivity index (χ1v) is 29.5. The van der Waals surface area contributed by atoms with Gasteiger partial charge in [-0.1, -0.05) is 72.8 Å². The van der Waals surface area contributed by atoms with Crippen LogP contribution in [0.4, 0.5) is 0 Å². The Morgan fingerprint density at radius 3 is 1.49 bits per heavy atom. The highest BCUT2D eigenvalue weighted by atomic mass is 16.6. The van der Waals surface area contributed by atoms with Crippen LogP contribution in [0.25, 0.3) is 65.9 Å².